The number of nitrogen functional groups attached to an aromatic ring is 1. The van der Waals surface area contributed by atoms with E-state index in [1.807, 2.05) is 13.8 Å². The molecule has 18 heavy (non-hydrogen) atoms. The zero-order chi connectivity index (χ0) is 13.5. The van der Waals surface area contributed by atoms with Crippen LogP contribution in [-0.4, -0.2) is 28.5 Å². The molecule has 4 N–H and O–H groups in total. The molecule has 1 atom stereocenters. The van der Waals surface area contributed by atoms with E-state index in [1.165, 1.54) is 0 Å². The normalized spacial score (nSPS) is 11.9. The number of nitrogens with one attached hydrogen (secondary N) is 2. The summed E-state index contributed by atoms with van der Waals surface area (Å²) in [5.74, 6) is 0.807. The Hall–Kier alpha value is -1.37. The zero-order valence-corrected chi connectivity index (χ0v) is 12.1. The number of amides is 1. The van der Waals surface area contributed by atoms with Gasteiger partial charge in [0, 0.05) is 25.1 Å². The number of hydrogen-bond donors (Lipinski definition) is 3. The van der Waals surface area contributed by atoms with Crippen molar-refractivity contribution >= 4 is 33.6 Å². The first-order chi connectivity index (χ1) is 8.51. The SMILES string of the molecule is CCC(C)NC(=O)CCNc1nc(N)cc(Br)n1. The lowest BCUT2D eigenvalue weighted by Crippen LogP contribution is -2.33. The molecule has 0 aliphatic heterocycles. The van der Waals surface area contributed by atoms with E-state index < -0.39 is 0 Å². The molecule has 1 amide bonds. The van der Waals surface area contributed by atoms with Gasteiger partial charge in [-0.1, -0.05) is 6.92 Å². The van der Waals surface area contributed by atoms with Crippen molar-refractivity contribution in [2.24, 2.45) is 0 Å². The molecule has 100 valence electrons. The van der Waals surface area contributed by atoms with Crippen molar-refractivity contribution in [2.45, 2.75) is 32.7 Å². The van der Waals surface area contributed by atoms with Crippen LogP contribution in [0.15, 0.2) is 10.7 Å². The van der Waals surface area contributed by atoms with Crippen LogP contribution in [0, 0.1) is 0 Å². The maximum absolute atomic E-state index is 11.5. The van der Waals surface area contributed by atoms with Gasteiger partial charge in [0.25, 0.3) is 0 Å². The molecular weight excluding hydrogens is 298 g/mol. The first-order valence-electron chi connectivity index (χ1n) is 5.84. The lowest BCUT2D eigenvalue weighted by molar-refractivity contribution is -0.121. The molecule has 0 saturated heterocycles. The Morgan fingerprint density at radius 1 is 1.56 bits per heavy atom. The molecule has 0 aromatic carbocycles. The molecule has 0 bridgehead atoms. The summed E-state index contributed by atoms with van der Waals surface area (Å²) in [7, 11) is 0. The van der Waals surface area contributed by atoms with Gasteiger partial charge in [-0.3, -0.25) is 4.79 Å². The van der Waals surface area contributed by atoms with Gasteiger partial charge in [0.15, 0.2) is 0 Å². The predicted octanol–water partition coefficient (Wildman–Crippen LogP) is 1.54. The average molecular weight is 316 g/mol. The average Bonchev–Trinajstić information content (AvgIpc) is 2.27. The fraction of sp³-hybridized carbons (Fsp3) is 0.545. The Labute approximate surface area is 115 Å². The molecule has 1 unspecified atom stereocenters. The largest absolute Gasteiger partial charge is 0.383 e. The maximum atomic E-state index is 11.5. The van der Waals surface area contributed by atoms with Gasteiger partial charge < -0.3 is 16.4 Å². The number of carbonyl (C=O) groups is 1. The molecule has 7 heteroatoms. The molecule has 1 aromatic heterocycles. The van der Waals surface area contributed by atoms with Crippen molar-refractivity contribution in [1.82, 2.24) is 15.3 Å². The summed E-state index contributed by atoms with van der Waals surface area (Å²) in [6, 6.07) is 1.82. The number of hydrogen-bond acceptors (Lipinski definition) is 5. The second-order valence-corrected chi connectivity index (χ2v) is 4.81. The Balaban J connectivity index is 2.35. The van der Waals surface area contributed by atoms with Crippen LogP contribution in [0.5, 0.6) is 0 Å². The van der Waals surface area contributed by atoms with Crippen molar-refractivity contribution in [3.63, 3.8) is 0 Å². The van der Waals surface area contributed by atoms with E-state index in [2.05, 4.69) is 36.5 Å². The Kier molecular flexibility index (Phi) is 5.84. The fourth-order valence-electron chi connectivity index (χ4n) is 1.25. The van der Waals surface area contributed by atoms with Crippen LogP contribution in [0.4, 0.5) is 11.8 Å². The third-order valence-corrected chi connectivity index (χ3v) is 2.78. The van der Waals surface area contributed by atoms with Crippen molar-refractivity contribution in [3.8, 4) is 0 Å². The number of anilines is 2. The van der Waals surface area contributed by atoms with Gasteiger partial charge in [0.2, 0.25) is 11.9 Å². The molecule has 1 rings (SSSR count). The summed E-state index contributed by atoms with van der Waals surface area (Å²) in [6.07, 6.45) is 1.30. The van der Waals surface area contributed by atoms with Gasteiger partial charge in [0.1, 0.15) is 10.4 Å². The molecule has 6 nitrogen and oxygen atoms in total. The second-order valence-electron chi connectivity index (χ2n) is 3.99. The molecule has 0 radical (unpaired) electrons. The lowest BCUT2D eigenvalue weighted by atomic mass is 10.2. The van der Waals surface area contributed by atoms with E-state index in [0.717, 1.165) is 6.42 Å². The zero-order valence-electron chi connectivity index (χ0n) is 10.5. The van der Waals surface area contributed by atoms with Crippen LogP contribution in [-0.2, 0) is 4.79 Å². The lowest BCUT2D eigenvalue weighted by Gasteiger charge is -2.11. The van der Waals surface area contributed by atoms with E-state index in [1.54, 1.807) is 6.07 Å². The Morgan fingerprint density at radius 3 is 2.89 bits per heavy atom. The number of rotatable bonds is 6. The van der Waals surface area contributed by atoms with E-state index in [4.69, 9.17) is 5.73 Å². The number of nitrogens with zero attached hydrogens (tertiary/aromatic N) is 2. The van der Waals surface area contributed by atoms with Crippen molar-refractivity contribution in [3.05, 3.63) is 10.7 Å². The minimum atomic E-state index is 0.0137. The maximum Gasteiger partial charge on any atom is 0.225 e. The smallest absolute Gasteiger partial charge is 0.225 e. The van der Waals surface area contributed by atoms with Crippen LogP contribution >= 0.6 is 15.9 Å². The molecule has 0 fully saturated rings. The molecule has 0 aliphatic rings. The van der Waals surface area contributed by atoms with Gasteiger partial charge >= 0.3 is 0 Å². The molecule has 1 heterocycles. The van der Waals surface area contributed by atoms with Crippen LogP contribution in [0.25, 0.3) is 0 Å². The van der Waals surface area contributed by atoms with E-state index in [9.17, 15) is 4.79 Å². The summed E-state index contributed by atoms with van der Waals surface area (Å²) in [4.78, 5) is 19.6. The summed E-state index contributed by atoms with van der Waals surface area (Å²) >= 11 is 3.23. The molecule has 0 spiro atoms. The number of nitrogens with two attached hydrogens (primary N) is 1. The summed E-state index contributed by atoms with van der Waals surface area (Å²) in [5.41, 5.74) is 5.57. The van der Waals surface area contributed by atoms with Crippen molar-refractivity contribution < 1.29 is 4.79 Å². The summed E-state index contributed by atoms with van der Waals surface area (Å²) < 4.78 is 0.613. The van der Waals surface area contributed by atoms with E-state index in [-0.39, 0.29) is 11.9 Å². The summed E-state index contributed by atoms with van der Waals surface area (Å²) in [6.45, 7) is 4.48. The van der Waals surface area contributed by atoms with E-state index in [0.29, 0.717) is 29.3 Å². The van der Waals surface area contributed by atoms with Gasteiger partial charge in [0.05, 0.1) is 0 Å². The highest BCUT2D eigenvalue weighted by Gasteiger charge is 2.06. The minimum absolute atomic E-state index is 0.0137. The molecular formula is C11H18BrN5O. The van der Waals surface area contributed by atoms with Gasteiger partial charge in [-0.15, -0.1) is 0 Å². The topological polar surface area (TPSA) is 92.9 Å². The van der Waals surface area contributed by atoms with Crippen LogP contribution in [0.1, 0.15) is 26.7 Å². The molecule has 1 aromatic rings. The minimum Gasteiger partial charge on any atom is -0.383 e. The molecule has 0 aliphatic carbocycles. The Bertz CT molecular complexity index is 392. The first-order valence-corrected chi connectivity index (χ1v) is 6.64. The second kappa shape index (κ2) is 7.15. The Morgan fingerprint density at radius 2 is 2.28 bits per heavy atom. The predicted molar refractivity (Wildman–Crippen MR) is 75.1 cm³/mol. The van der Waals surface area contributed by atoms with Crippen LogP contribution < -0.4 is 16.4 Å². The highest BCUT2D eigenvalue weighted by molar-refractivity contribution is 9.10. The summed E-state index contributed by atoms with van der Waals surface area (Å²) in [5, 5.41) is 5.84. The third kappa shape index (κ3) is 5.31. The number of halogens is 1. The third-order valence-electron chi connectivity index (χ3n) is 2.37. The van der Waals surface area contributed by atoms with Crippen molar-refractivity contribution in [2.75, 3.05) is 17.6 Å². The van der Waals surface area contributed by atoms with Crippen molar-refractivity contribution in [1.29, 1.82) is 0 Å². The number of carbonyl (C=O) groups excluding carboxylic acids is 1. The van der Waals surface area contributed by atoms with Gasteiger partial charge in [-0.05, 0) is 29.3 Å². The van der Waals surface area contributed by atoms with Crippen LogP contribution in [0.3, 0.4) is 0 Å². The highest BCUT2D eigenvalue weighted by Crippen LogP contribution is 2.12. The monoisotopic (exact) mass is 315 g/mol. The van der Waals surface area contributed by atoms with Crippen LogP contribution in [0.2, 0.25) is 0 Å². The quantitative estimate of drug-likeness (QED) is 0.692. The van der Waals surface area contributed by atoms with E-state index >= 15 is 0 Å². The highest BCUT2D eigenvalue weighted by atomic mass is 79.9. The fourth-order valence-corrected chi connectivity index (χ4v) is 1.65. The first kappa shape index (κ1) is 14.7. The van der Waals surface area contributed by atoms with Gasteiger partial charge in [-0.2, -0.15) is 4.98 Å². The number of aromatic nitrogens is 2. The standard InChI is InChI=1S/C11H18BrN5O/c1-3-7(2)15-10(18)4-5-14-11-16-8(12)6-9(13)17-11/h6-7H,3-5H2,1-2H3,(H,15,18)(H3,13,14,16,17). The van der Waals surface area contributed by atoms with Gasteiger partial charge in [-0.25, -0.2) is 4.98 Å². The molecule has 0 saturated carbocycles.